The largest absolute Gasteiger partial charge is 0.486 e. The molecule has 1 aliphatic carbocycles. The van der Waals surface area contributed by atoms with Crippen LogP contribution in [-0.2, 0) is 19.7 Å². The van der Waals surface area contributed by atoms with E-state index in [-0.39, 0.29) is 11.8 Å². The second-order valence-corrected chi connectivity index (χ2v) is 8.91. The second kappa shape index (κ2) is 10.5. The van der Waals surface area contributed by atoms with Crippen LogP contribution in [0.15, 0.2) is 18.2 Å². The van der Waals surface area contributed by atoms with Crippen LogP contribution in [0, 0.1) is 0 Å². The van der Waals surface area contributed by atoms with Crippen molar-refractivity contribution >= 4 is 11.8 Å². The van der Waals surface area contributed by atoms with Gasteiger partial charge in [0.25, 0.3) is 0 Å². The van der Waals surface area contributed by atoms with Gasteiger partial charge in [0.05, 0.1) is 12.0 Å². The van der Waals surface area contributed by atoms with Gasteiger partial charge < -0.3 is 24.4 Å². The third kappa shape index (κ3) is 5.02. The first-order chi connectivity index (χ1) is 15.6. The fraction of sp³-hybridized carbons (Fsp3) is 0.667. The highest BCUT2D eigenvalue weighted by atomic mass is 16.6. The highest BCUT2D eigenvalue weighted by molar-refractivity contribution is 5.89. The van der Waals surface area contributed by atoms with Crippen LogP contribution in [0.3, 0.4) is 0 Å². The molecule has 1 saturated carbocycles. The number of piperazine rings is 1. The Kier molecular flexibility index (Phi) is 7.52. The van der Waals surface area contributed by atoms with Gasteiger partial charge in [0.1, 0.15) is 13.2 Å². The molecule has 3 aliphatic rings. The Morgan fingerprint density at radius 2 is 1.78 bits per heavy atom. The van der Waals surface area contributed by atoms with Crippen molar-refractivity contribution in [3.05, 3.63) is 23.8 Å². The maximum absolute atomic E-state index is 13.8. The van der Waals surface area contributed by atoms with E-state index in [1.807, 2.05) is 23.1 Å². The maximum Gasteiger partial charge on any atom is 0.234 e. The molecule has 0 atom stereocenters. The molecule has 0 bridgehead atoms. The van der Waals surface area contributed by atoms with Crippen LogP contribution in [0.2, 0.25) is 0 Å². The normalized spacial score (nSPS) is 20.2. The molecule has 8 nitrogen and oxygen atoms in total. The molecule has 2 amide bonds. The van der Waals surface area contributed by atoms with Crippen molar-refractivity contribution in [3.63, 3.8) is 0 Å². The van der Waals surface area contributed by atoms with Crippen LogP contribution in [-0.4, -0.2) is 87.8 Å². The van der Waals surface area contributed by atoms with Gasteiger partial charge in [-0.05, 0) is 37.0 Å². The first-order valence-corrected chi connectivity index (χ1v) is 11.8. The van der Waals surface area contributed by atoms with E-state index in [4.69, 9.17) is 14.2 Å². The molecule has 2 heterocycles. The topological polar surface area (TPSA) is 80.3 Å². The number of methoxy groups -OCH3 is 1. The molecule has 1 saturated heterocycles. The Morgan fingerprint density at radius 3 is 2.50 bits per heavy atom. The van der Waals surface area contributed by atoms with Crippen LogP contribution >= 0.6 is 0 Å². The molecule has 0 unspecified atom stereocenters. The number of hydrogen-bond donors (Lipinski definition) is 1. The average Bonchev–Trinajstić information content (AvgIpc) is 3.33. The van der Waals surface area contributed by atoms with E-state index >= 15 is 0 Å². The van der Waals surface area contributed by atoms with Gasteiger partial charge in [-0.15, -0.1) is 0 Å². The van der Waals surface area contributed by atoms with Crippen molar-refractivity contribution in [2.75, 3.05) is 66.2 Å². The van der Waals surface area contributed by atoms with Crippen molar-refractivity contribution in [1.82, 2.24) is 15.1 Å². The highest BCUT2D eigenvalue weighted by Gasteiger charge is 2.45. The first-order valence-electron chi connectivity index (χ1n) is 11.8. The summed E-state index contributed by atoms with van der Waals surface area (Å²) >= 11 is 0. The van der Waals surface area contributed by atoms with E-state index in [1.54, 1.807) is 7.11 Å². The molecule has 0 radical (unpaired) electrons. The van der Waals surface area contributed by atoms with Crippen LogP contribution in [0.5, 0.6) is 11.5 Å². The number of amides is 2. The van der Waals surface area contributed by atoms with Gasteiger partial charge in [-0.3, -0.25) is 14.5 Å². The Bertz CT molecular complexity index is 801. The number of fused-ring (bicyclic) bond motifs is 1. The summed E-state index contributed by atoms with van der Waals surface area (Å²) in [6, 6.07) is 6.00. The van der Waals surface area contributed by atoms with Crippen molar-refractivity contribution < 1.29 is 23.8 Å². The SMILES string of the molecule is COCCCNC(=O)CN1CCN(C(=O)C2(c3ccc4c(c3)OCCO4)CCCC2)CC1. The van der Waals surface area contributed by atoms with Gasteiger partial charge in [0.2, 0.25) is 11.8 Å². The van der Waals surface area contributed by atoms with Gasteiger partial charge >= 0.3 is 0 Å². The Hall–Kier alpha value is -2.32. The average molecular weight is 446 g/mol. The number of nitrogens with one attached hydrogen (secondary N) is 1. The number of rotatable bonds is 8. The fourth-order valence-corrected chi connectivity index (χ4v) is 5.06. The molecule has 4 rings (SSSR count). The monoisotopic (exact) mass is 445 g/mol. The fourth-order valence-electron chi connectivity index (χ4n) is 5.06. The van der Waals surface area contributed by atoms with E-state index in [1.165, 1.54) is 0 Å². The van der Waals surface area contributed by atoms with Crippen LogP contribution in [0.25, 0.3) is 0 Å². The van der Waals surface area contributed by atoms with Crippen molar-refractivity contribution in [2.24, 2.45) is 0 Å². The molecule has 2 aliphatic heterocycles. The maximum atomic E-state index is 13.8. The molecule has 8 heteroatoms. The number of nitrogens with zero attached hydrogens (tertiary/aromatic N) is 2. The summed E-state index contributed by atoms with van der Waals surface area (Å²) in [7, 11) is 1.66. The first kappa shape index (κ1) is 22.9. The lowest BCUT2D eigenvalue weighted by atomic mass is 9.77. The Labute approximate surface area is 190 Å². The van der Waals surface area contributed by atoms with Crippen LogP contribution in [0.4, 0.5) is 0 Å². The summed E-state index contributed by atoms with van der Waals surface area (Å²) in [5, 5.41) is 2.93. The molecule has 176 valence electrons. The zero-order valence-electron chi connectivity index (χ0n) is 19.1. The third-order valence-corrected chi connectivity index (χ3v) is 6.84. The third-order valence-electron chi connectivity index (χ3n) is 6.84. The van der Waals surface area contributed by atoms with Gasteiger partial charge in [0, 0.05) is 46.4 Å². The van der Waals surface area contributed by atoms with Gasteiger partial charge in [-0.2, -0.15) is 0 Å². The zero-order chi connectivity index (χ0) is 22.4. The van der Waals surface area contributed by atoms with E-state index in [9.17, 15) is 9.59 Å². The minimum atomic E-state index is -0.475. The number of ether oxygens (including phenoxy) is 3. The van der Waals surface area contributed by atoms with Crippen molar-refractivity contribution in [3.8, 4) is 11.5 Å². The number of carbonyl (C=O) groups excluding carboxylic acids is 2. The zero-order valence-corrected chi connectivity index (χ0v) is 19.1. The quantitative estimate of drug-likeness (QED) is 0.612. The number of carbonyl (C=O) groups is 2. The number of hydrogen-bond acceptors (Lipinski definition) is 6. The summed E-state index contributed by atoms with van der Waals surface area (Å²) in [6.45, 7) is 5.50. The summed E-state index contributed by atoms with van der Waals surface area (Å²) in [4.78, 5) is 30.0. The highest BCUT2D eigenvalue weighted by Crippen LogP contribution is 2.45. The molecule has 1 aromatic carbocycles. The molecule has 0 spiro atoms. The summed E-state index contributed by atoms with van der Waals surface area (Å²) < 4.78 is 16.5. The van der Waals surface area contributed by atoms with Crippen LogP contribution in [0.1, 0.15) is 37.7 Å². The predicted molar refractivity (Wildman–Crippen MR) is 120 cm³/mol. The minimum absolute atomic E-state index is 0.0319. The van der Waals surface area contributed by atoms with E-state index in [0.717, 1.165) is 49.2 Å². The predicted octanol–water partition coefficient (Wildman–Crippen LogP) is 1.57. The van der Waals surface area contributed by atoms with E-state index in [0.29, 0.717) is 59.1 Å². The lowest BCUT2D eigenvalue weighted by molar-refractivity contribution is -0.139. The Balaban J connectivity index is 1.35. The summed E-state index contributed by atoms with van der Waals surface area (Å²) in [6.07, 6.45) is 4.67. The summed E-state index contributed by atoms with van der Waals surface area (Å²) in [5.74, 6) is 1.75. The minimum Gasteiger partial charge on any atom is -0.486 e. The van der Waals surface area contributed by atoms with E-state index in [2.05, 4.69) is 10.2 Å². The van der Waals surface area contributed by atoms with Crippen molar-refractivity contribution in [1.29, 1.82) is 0 Å². The lowest BCUT2D eigenvalue weighted by Crippen LogP contribution is -2.55. The second-order valence-electron chi connectivity index (χ2n) is 8.91. The van der Waals surface area contributed by atoms with Crippen molar-refractivity contribution in [2.45, 2.75) is 37.5 Å². The van der Waals surface area contributed by atoms with Crippen LogP contribution < -0.4 is 14.8 Å². The van der Waals surface area contributed by atoms with Gasteiger partial charge in [-0.25, -0.2) is 0 Å². The van der Waals surface area contributed by atoms with Gasteiger partial charge in [0.15, 0.2) is 11.5 Å². The Morgan fingerprint density at radius 1 is 1.06 bits per heavy atom. The molecule has 0 aromatic heterocycles. The molecular weight excluding hydrogens is 410 g/mol. The number of benzene rings is 1. The standard InChI is InChI=1S/C24H35N3O5/c1-30-14-4-9-25-22(28)18-26-10-12-27(13-11-26)23(29)24(7-2-3-8-24)19-5-6-20-21(17-19)32-16-15-31-20/h5-6,17H,2-4,7-16,18H2,1H3,(H,25,28). The molecular formula is C24H35N3O5. The van der Waals surface area contributed by atoms with Gasteiger partial charge in [-0.1, -0.05) is 18.9 Å². The summed E-state index contributed by atoms with van der Waals surface area (Å²) in [5.41, 5.74) is 0.568. The molecule has 1 aromatic rings. The van der Waals surface area contributed by atoms with E-state index < -0.39 is 5.41 Å². The molecule has 2 fully saturated rings. The smallest absolute Gasteiger partial charge is 0.234 e. The molecule has 1 N–H and O–H groups in total. The molecule has 32 heavy (non-hydrogen) atoms. The lowest BCUT2D eigenvalue weighted by Gasteiger charge is -2.40.